The SMILES string of the molecule is Cc1nc2ccc(Br)cc2c(N(C)C)c1CC(=O)O. The summed E-state index contributed by atoms with van der Waals surface area (Å²) in [6.07, 6.45) is -0.0190. The Morgan fingerprint density at radius 1 is 1.42 bits per heavy atom. The number of fused-ring (bicyclic) bond motifs is 1. The molecule has 1 heterocycles. The summed E-state index contributed by atoms with van der Waals surface area (Å²) in [4.78, 5) is 17.5. The first-order valence-corrected chi connectivity index (χ1v) is 6.67. The van der Waals surface area contributed by atoms with E-state index in [1.807, 2.05) is 44.1 Å². The van der Waals surface area contributed by atoms with Crippen LogP contribution in [0.2, 0.25) is 0 Å². The maximum atomic E-state index is 11.0. The number of nitrogens with zero attached hydrogens (tertiary/aromatic N) is 2. The van der Waals surface area contributed by atoms with Gasteiger partial charge in [-0.2, -0.15) is 0 Å². The molecule has 1 aromatic heterocycles. The molecule has 1 aromatic carbocycles. The second-order valence-corrected chi connectivity index (χ2v) is 5.57. The summed E-state index contributed by atoms with van der Waals surface area (Å²) in [5.74, 6) is -0.845. The van der Waals surface area contributed by atoms with Crippen molar-refractivity contribution < 1.29 is 9.90 Å². The minimum atomic E-state index is -0.845. The van der Waals surface area contributed by atoms with Crippen molar-refractivity contribution in [3.63, 3.8) is 0 Å². The van der Waals surface area contributed by atoms with Crippen LogP contribution in [0.15, 0.2) is 22.7 Å². The van der Waals surface area contributed by atoms with Gasteiger partial charge < -0.3 is 10.0 Å². The molecular weight excluding hydrogens is 308 g/mol. The number of anilines is 1. The zero-order chi connectivity index (χ0) is 14.2. The van der Waals surface area contributed by atoms with Crippen molar-refractivity contribution in [2.75, 3.05) is 19.0 Å². The maximum Gasteiger partial charge on any atom is 0.307 e. The van der Waals surface area contributed by atoms with E-state index in [-0.39, 0.29) is 6.42 Å². The molecule has 0 aliphatic carbocycles. The first-order chi connectivity index (χ1) is 8.90. The Morgan fingerprint density at radius 3 is 2.68 bits per heavy atom. The van der Waals surface area contributed by atoms with E-state index in [1.165, 1.54) is 0 Å². The molecule has 0 saturated carbocycles. The van der Waals surface area contributed by atoms with E-state index in [1.54, 1.807) is 0 Å². The molecule has 100 valence electrons. The number of rotatable bonds is 3. The summed E-state index contributed by atoms with van der Waals surface area (Å²) in [5, 5.41) is 10.0. The van der Waals surface area contributed by atoms with Crippen LogP contribution in [0.1, 0.15) is 11.3 Å². The normalized spacial score (nSPS) is 10.7. The fourth-order valence-corrected chi connectivity index (χ4v) is 2.61. The van der Waals surface area contributed by atoms with Crippen molar-refractivity contribution in [3.8, 4) is 0 Å². The smallest absolute Gasteiger partial charge is 0.307 e. The Balaban J connectivity index is 2.82. The number of aromatic nitrogens is 1. The van der Waals surface area contributed by atoms with Gasteiger partial charge in [-0.05, 0) is 25.1 Å². The van der Waals surface area contributed by atoms with Gasteiger partial charge in [0.15, 0.2) is 0 Å². The molecule has 5 heteroatoms. The van der Waals surface area contributed by atoms with Crippen LogP contribution < -0.4 is 4.90 Å². The van der Waals surface area contributed by atoms with Crippen LogP contribution in [-0.2, 0) is 11.2 Å². The lowest BCUT2D eigenvalue weighted by atomic mass is 10.0. The lowest BCUT2D eigenvalue weighted by Crippen LogP contribution is -2.16. The van der Waals surface area contributed by atoms with Crippen molar-refractivity contribution in [2.24, 2.45) is 0 Å². The van der Waals surface area contributed by atoms with Crippen molar-refractivity contribution in [1.82, 2.24) is 4.98 Å². The summed E-state index contributed by atoms with van der Waals surface area (Å²) >= 11 is 3.45. The fraction of sp³-hybridized carbons (Fsp3) is 0.286. The van der Waals surface area contributed by atoms with Crippen LogP contribution in [0.5, 0.6) is 0 Å². The highest BCUT2D eigenvalue weighted by molar-refractivity contribution is 9.10. The second-order valence-electron chi connectivity index (χ2n) is 4.65. The van der Waals surface area contributed by atoms with E-state index in [9.17, 15) is 4.79 Å². The molecule has 19 heavy (non-hydrogen) atoms. The van der Waals surface area contributed by atoms with Crippen LogP contribution in [0.4, 0.5) is 5.69 Å². The average molecular weight is 323 g/mol. The maximum absolute atomic E-state index is 11.0. The predicted molar refractivity (Wildman–Crippen MR) is 79.8 cm³/mol. The lowest BCUT2D eigenvalue weighted by molar-refractivity contribution is -0.136. The largest absolute Gasteiger partial charge is 0.481 e. The van der Waals surface area contributed by atoms with Gasteiger partial charge in [-0.1, -0.05) is 15.9 Å². The number of hydrogen-bond donors (Lipinski definition) is 1. The van der Waals surface area contributed by atoms with Gasteiger partial charge in [-0.3, -0.25) is 9.78 Å². The summed E-state index contributed by atoms with van der Waals surface area (Å²) < 4.78 is 0.954. The fourth-order valence-electron chi connectivity index (χ4n) is 2.25. The van der Waals surface area contributed by atoms with E-state index in [0.29, 0.717) is 0 Å². The van der Waals surface area contributed by atoms with Gasteiger partial charge in [-0.15, -0.1) is 0 Å². The number of carbonyl (C=O) groups is 1. The van der Waals surface area contributed by atoms with Gasteiger partial charge in [0, 0.05) is 35.2 Å². The lowest BCUT2D eigenvalue weighted by Gasteiger charge is -2.21. The zero-order valence-corrected chi connectivity index (χ0v) is 12.7. The van der Waals surface area contributed by atoms with Gasteiger partial charge in [0.25, 0.3) is 0 Å². The number of halogens is 1. The first-order valence-electron chi connectivity index (χ1n) is 5.88. The minimum absolute atomic E-state index is 0.0190. The summed E-state index contributed by atoms with van der Waals surface area (Å²) in [7, 11) is 3.83. The number of carboxylic acids is 1. The second kappa shape index (κ2) is 5.17. The molecule has 0 aliphatic heterocycles. The van der Waals surface area contributed by atoms with Crippen LogP contribution in [0.3, 0.4) is 0 Å². The Labute approximate surface area is 120 Å². The number of pyridine rings is 1. The van der Waals surface area contributed by atoms with E-state index in [2.05, 4.69) is 20.9 Å². The van der Waals surface area contributed by atoms with Gasteiger partial charge >= 0.3 is 5.97 Å². The highest BCUT2D eigenvalue weighted by Crippen LogP contribution is 2.32. The number of aryl methyl sites for hydroxylation is 1. The zero-order valence-electron chi connectivity index (χ0n) is 11.1. The van der Waals surface area contributed by atoms with E-state index < -0.39 is 5.97 Å². The molecule has 0 bridgehead atoms. The topological polar surface area (TPSA) is 53.4 Å². The van der Waals surface area contributed by atoms with Crippen molar-refractivity contribution in [1.29, 1.82) is 0 Å². The molecule has 0 spiro atoms. The predicted octanol–water partition coefficient (Wildman–Crippen LogP) is 3.00. The standard InChI is InChI=1S/C14H15BrN2O2/c1-8-10(7-13(18)19)14(17(2)3)11-6-9(15)4-5-12(11)16-8/h4-6H,7H2,1-3H3,(H,18,19). The monoisotopic (exact) mass is 322 g/mol. The molecule has 0 radical (unpaired) electrons. The highest BCUT2D eigenvalue weighted by Gasteiger charge is 2.16. The Kier molecular flexibility index (Phi) is 3.75. The first kappa shape index (κ1) is 13.8. The third kappa shape index (κ3) is 2.71. The van der Waals surface area contributed by atoms with Crippen molar-refractivity contribution >= 4 is 38.5 Å². The number of hydrogen-bond acceptors (Lipinski definition) is 3. The van der Waals surface area contributed by atoms with Gasteiger partial charge in [0.05, 0.1) is 17.6 Å². The molecule has 4 nitrogen and oxygen atoms in total. The third-order valence-corrected chi connectivity index (χ3v) is 3.49. The van der Waals surface area contributed by atoms with Gasteiger partial charge in [-0.25, -0.2) is 0 Å². The molecule has 2 rings (SSSR count). The molecule has 0 amide bonds. The van der Waals surface area contributed by atoms with Crippen molar-refractivity contribution in [2.45, 2.75) is 13.3 Å². The average Bonchev–Trinajstić information content (AvgIpc) is 2.29. The highest BCUT2D eigenvalue weighted by atomic mass is 79.9. The Hall–Kier alpha value is -1.62. The number of benzene rings is 1. The summed E-state index contributed by atoms with van der Waals surface area (Å²) in [6, 6.07) is 5.84. The summed E-state index contributed by atoms with van der Waals surface area (Å²) in [6.45, 7) is 1.85. The molecular formula is C14H15BrN2O2. The molecule has 0 unspecified atom stereocenters. The molecule has 0 saturated heterocycles. The number of carboxylic acid groups (broad SMARTS) is 1. The van der Waals surface area contributed by atoms with E-state index in [0.717, 1.165) is 32.3 Å². The summed E-state index contributed by atoms with van der Waals surface area (Å²) in [5.41, 5.74) is 3.33. The Morgan fingerprint density at radius 2 is 2.11 bits per heavy atom. The quantitative estimate of drug-likeness (QED) is 0.943. The van der Waals surface area contributed by atoms with Crippen LogP contribution in [0, 0.1) is 6.92 Å². The van der Waals surface area contributed by atoms with Crippen molar-refractivity contribution in [3.05, 3.63) is 33.9 Å². The van der Waals surface area contributed by atoms with E-state index in [4.69, 9.17) is 5.11 Å². The molecule has 0 aliphatic rings. The molecule has 1 N–H and O–H groups in total. The third-order valence-electron chi connectivity index (χ3n) is 3.00. The molecule has 0 atom stereocenters. The number of aliphatic carboxylic acids is 1. The Bertz CT molecular complexity index is 653. The van der Waals surface area contributed by atoms with Gasteiger partial charge in [0.1, 0.15) is 0 Å². The van der Waals surface area contributed by atoms with Crippen LogP contribution >= 0.6 is 15.9 Å². The van der Waals surface area contributed by atoms with Crippen LogP contribution in [-0.4, -0.2) is 30.2 Å². The van der Waals surface area contributed by atoms with E-state index >= 15 is 0 Å². The van der Waals surface area contributed by atoms with Crippen LogP contribution in [0.25, 0.3) is 10.9 Å². The minimum Gasteiger partial charge on any atom is -0.481 e. The molecule has 0 fully saturated rings. The molecule has 2 aromatic rings. The van der Waals surface area contributed by atoms with Gasteiger partial charge in [0.2, 0.25) is 0 Å².